The van der Waals surface area contributed by atoms with Gasteiger partial charge in [0.2, 0.25) is 0 Å². The third-order valence-corrected chi connectivity index (χ3v) is 6.18. The molecule has 0 saturated carbocycles. The van der Waals surface area contributed by atoms with Crippen LogP contribution in [-0.4, -0.2) is 49.8 Å². The molecular formula is C12H25N3O2S. The molecule has 2 aliphatic rings. The van der Waals surface area contributed by atoms with Gasteiger partial charge in [0.05, 0.1) is 0 Å². The van der Waals surface area contributed by atoms with Crippen LogP contribution in [0.1, 0.15) is 33.1 Å². The second-order valence-electron chi connectivity index (χ2n) is 6.33. The zero-order valence-corrected chi connectivity index (χ0v) is 12.2. The van der Waals surface area contributed by atoms with Crippen LogP contribution in [0.5, 0.6) is 0 Å². The van der Waals surface area contributed by atoms with Crippen molar-refractivity contribution < 1.29 is 8.42 Å². The van der Waals surface area contributed by atoms with E-state index in [9.17, 15) is 8.42 Å². The van der Waals surface area contributed by atoms with Crippen molar-refractivity contribution in [3.05, 3.63) is 0 Å². The van der Waals surface area contributed by atoms with Gasteiger partial charge in [0.25, 0.3) is 10.2 Å². The lowest BCUT2D eigenvalue weighted by molar-refractivity contribution is 0.259. The minimum absolute atomic E-state index is 0.114. The Labute approximate surface area is 110 Å². The Bertz CT molecular complexity index is 386. The van der Waals surface area contributed by atoms with Gasteiger partial charge in [0.15, 0.2) is 0 Å². The minimum atomic E-state index is -3.24. The van der Waals surface area contributed by atoms with Crippen molar-refractivity contribution in [2.45, 2.75) is 33.1 Å². The van der Waals surface area contributed by atoms with Gasteiger partial charge in [-0.05, 0) is 37.1 Å². The van der Waals surface area contributed by atoms with Crippen LogP contribution in [0.25, 0.3) is 0 Å². The zero-order valence-electron chi connectivity index (χ0n) is 11.4. The Morgan fingerprint density at radius 2 is 1.78 bits per heavy atom. The fourth-order valence-corrected chi connectivity index (χ4v) is 4.63. The van der Waals surface area contributed by atoms with Crippen molar-refractivity contribution in [2.24, 2.45) is 17.1 Å². The molecule has 0 atom stereocenters. The Morgan fingerprint density at radius 1 is 1.17 bits per heavy atom. The second kappa shape index (κ2) is 5.07. The third kappa shape index (κ3) is 2.87. The highest BCUT2D eigenvalue weighted by Crippen LogP contribution is 2.32. The maximum Gasteiger partial charge on any atom is 0.281 e. The van der Waals surface area contributed by atoms with Crippen molar-refractivity contribution >= 4 is 10.2 Å². The van der Waals surface area contributed by atoms with Crippen molar-refractivity contribution in [1.82, 2.24) is 8.61 Å². The van der Waals surface area contributed by atoms with Gasteiger partial charge in [-0.3, -0.25) is 0 Å². The van der Waals surface area contributed by atoms with E-state index in [0.717, 1.165) is 19.3 Å². The van der Waals surface area contributed by atoms with E-state index in [-0.39, 0.29) is 5.41 Å². The molecule has 0 bridgehead atoms. The number of piperidine rings is 1. The summed E-state index contributed by atoms with van der Waals surface area (Å²) < 4.78 is 28.3. The van der Waals surface area contributed by atoms with Gasteiger partial charge in [0, 0.05) is 26.2 Å². The van der Waals surface area contributed by atoms with Crippen LogP contribution in [0.15, 0.2) is 0 Å². The molecule has 2 saturated heterocycles. The Balaban J connectivity index is 2.00. The molecule has 0 amide bonds. The van der Waals surface area contributed by atoms with Crippen LogP contribution < -0.4 is 5.73 Å². The third-order valence-electron chi connectivity index (χ3n) is 4.20. The lowest BCUT2D eigenvalue weighted by atomic mass is 9.93. The predicted molar refractivity (Wildman–Crippen MR) is 72.2 cm³/mol. The largest absolute Gasteiger partial charge is 0.330 e. The summed E-state index contributed by atoms with van der Waals surface area (Å²) in [5, 5.41) is 0. The van der Waals surface area contributed by atoms with E-state index in [1.165, 1.54) is 0 Å². The first-order valence-corrected chi connectivity index (χ1v) is 8.20. The molecule has 2 rings (SSSR count). The summed E-state index contributed by atoms with van der Waals surface area (Å²) >= 11 is 0. The summed E-state index contributed by atoms with van der Waals surface area (Å²) in [5.74, 6) is 0.492. The van der Waals surface area contributed by atoms with E-state index in [1.54, 1.807) is 8.61 Å². The Hall–Kier alpha value is -0.170. The van der Waals surface area contributed by atoms with Crippen LogP contribution >= 0.6 is 0 Å². The molecule has 18 heavy (non-hydrogen) atoms. The van der Waals surface area contributed by atoms with Crippen LogP contribution in [0.2, 0.25) is 0 Å². The summed E-state index contributed by atoms with van der Waals surface area (Å²) in [5.41, 5.74) is 5.75. The van der Waals surface area contributed by atoms with Crippen LogP contribution in [0.3, 0.4) is 0 Å². The smallest absolute Gasteiger partial charge is 0.281 e. The van der Waals surface area contributed by atoms with Crippen molar-refractivity contribution in [2.75, 3.05) is 32.7 Å². The maximum absolute atomic E-state index is 12.5. The molecule has 2 aliphatic heterocycles. The average Bonchev–Trinajstić information content (AvgIpc) is 2.70. The summed E-state index contributed by atoms with van der Waals surface area (Å²) in [7, 11) is -3.24. The molecule has 2 N–H and O–H groups in total. The van der Waals surface area contributed by atoms with Gasteiger partial charge in [-0.2, -0.15) is 17.0 Å². The molecular weight excluding hydrogens is 250 g/mol. The lowest BCUT2D eigenvalue weighted by Gasteiger charge is -2.33. The van der Waals surface area contributed by atoms with Gasteiger partial charge < -0.3 is 5.73 Å². The van der Waals surface area contributed by atoms with Gasteiger partial charge in [-0.25, -0.2) is 0 Å². The van der Waals surface area contributed by atoms with Gasteiger partial charge in [-0.15, -0.1) is 0 Å². The summed E-state index contributed by atoms with van der Waals surface area (Å²) in [6.45, 7) is 7.48. The molecule has 0 aromatic rings. The first-order chi connectivity index (χ1) is 8.35. The molecule has 0 aromatic carbocycles. The number of hydrogen-bond donors (Lipinski definition) is 1. The molecule has 5 nitrogen and oxygen atoms in total. The number of hydrogen-bond acceptors (Lipinski definition) is 3. The minimum Gasteiger partial charge on any atom is -0.330 e. The van der Waals surface area contributed by atoms with E-state index in [1.807, 2.05) is 0 Å². The van der Waals surface area contributed by atoms with Gasteiger partial charge in [0.1, 0.15) is 0 Å². The van der Waals surface area contributed by atoms with Crippen molar-refractivity contribution in [1.29, 1.82) is 0 Å². The average molecular weight is 275 g/mol. The molecule has 2 heterocycles. The van der Waals surface area contributed by atoms with Crippen LogP contribution in [0, 0.1) is 11.3 Å². The van der Waals surface area contributed by atoms with Gasteiger partial charge >= 0.3 is 0 Å². The number of rotatable bonds is 3. The van der Waals surface area contributed by atoms with Gasteiger partial charge in [-0.1, -0.05) is 13.8 Å². The van der Waals surface area contributed by atoms with Crippen LogP contribution in [-0.2, 0) is 10.2 Å². The first kappa shape index (κ1) is 14.2. The molecule has 2 fully saturated rings. The molecule has 0 spiro atoms. The summed E-state index contributed by atoms with van der Waals surface area (Å²) in [6, 6.07) is 0. The zero-order chi connectivity index (χ0) is 13.4. The fraction of sp³-hybridized carbons (Fsp3) is 1.00. The van der Waals surface area contributed by atoms with E-state index in [2.05, 4.69) is 13.8 Å². The Morgan fingerprint density at radius 3 is 2.22 bits per heavy atom. The standard InChI is InChI=1S/C12H25N3O2S/c1-12(2)5-8-15(10-12)18(16,17)14-6-3-11(9-13)4-7-14/h11H,3-10,13H2,1-2H3. The molecule has 0 aliphatic carbocycles. The van der Waals surface area contributed by atoms with E-state index < -0.39 is 10.2 Å². The van der Waals surface area contributed by atoms with Crippen molar-refractivity contribution in [3.8, 4) is 0 Å². The molecule has 106 valence electrons. The van der Waals surface area contributed by atoms with Crippen LogP contribution in [0.4, 0.5) is 0 Å². The Kier molecular flexibility index (Phi) is 4.02. The topological polar surface area (TPSA) is 66.6 Å². The fourth-order valence-electron chi connectivity index (χ4n) is 2.80. The maximum atomic E-state index is 12.5. The quantitative estimate of drug-likeness (QED) is 0.821. The highest BCUT2D eigenvalue weighted by molar-refractivity contribution is 7.86. The molecule has 6 heteroatoms. The summed E-state index contributed by atoms with van der Waals surface area (Å²) in [6.07, 6.45) is 2.74. The first-order valence-electron chi connectivity index (χ1n) is 6.80. The normalized spacial score (nSPS) is 27.7. The molecule has 0 unspecified atom stereocenters. The monoisotopic (exact) mass is 275 g/mol. The van der Waals surface area contributed by atoms with E-state index in [4.69, 9.17) is 5.73 Å². The number of nitrogens with two attached hydrogens (primary N) is 1. The second-order valence-corrected chi connectivity index (χ2v) is 8.26. The van der Waals surface area contributed by atoms with E-state index >= 15 is 0 Å². The molecule has 0 radical (unpaired) electrons. The lowest BCUT2D eigenvalue weighted by Crippen LogP contribution is -2.47. The molecule has 0 aromatic heterocycles. The van der Waals surface area contributed by atoms with E-state index in [0.29, 0.717) is 38.6 Å². The van der Waals surface area contributed by atoms with Crippen molar-refractivity contribution in [3.63, 3.8) is 0 Å². The highest BCUT2D eigenvalue weighted by atomic mass is 32.2. The highest BCUT2D eigenvalue weighted by Gasteiger charge is 2.39. The predicted octanol–water partition coefficient (Wildman–Crippen LogP) is 0.634. The SMILES string of the molecule is CC1(C)CCN(S(=O)(=O)N2CCC(CN)CC2)C1. The summed E-state index contributed by atoms with van der Waals surface area (Å²) in [4.78, 5) is 0. The number of nitrogens with zero attached hydrogens (tertiary/aromatic N) is 2.